The summed E-state index contributed by atoms with van der Waals surface area (Å²) in [5, 5.41) is 7.18. The summed E-state index contributed by atoms with van der Waals surface area (Å²) in [6.07, 6.45) is 4.18. The van der Waals surface area contributed by atoms with Crippen molar-refractivity contribution in [3.63, 3.8) is 0 Å². The van der Waals surface area contributed by atoms with E-state index in [1.807, 2.05) is 30.5 Å². The largest absolute Gasteiger partial charge is 0.297 e. The number of hydrogen-bond donors (Lipinski definition) is 1. The van der Waals surface area contributed by atoms with E-state index in [0.717, 1.165) is 42.1 Å². The zero-order valence-electron chi connectivity index (χ0n) is 13.4. The molecule has 0 aliphatic carbocycles. The first-order valence-electron chi connectivity index (χ1n) is 8.23. The Morgan fingerprint density at radius 2 is 1.83 bits per heavy atom. The first-order valence-corrected chi connectivity index (χ1v) is 8.23. The third kappa shape index (κ3) is 2.97. The molecule has 0 radical (unpaired) electrons. The van der Waals surface area contributed by atoms with Crippen LogP contribution in [0.1, 0.15) is 35.8 Å². The molecule has 0 bridgehead atoms. The maximum atomic E-state index is 4.82. The van der Waals surface area contributed by atoms with Gasteiger partial charge in [0.15, 0.2) is 0 Å². The number of fused-ring (bicyclic) bond motifs is 1. The molecule has 1 aromatic carbocycles. The van der Waals surface area contributed by atoms with Gasteiger partial charge < -0.3 is 0 Å². The number of aromatic nitrogens is 4. The van der Waals surface area contributed by atoms with Crippen molar-refractivity contribution >= 4 is 11.0 Å². The van der Waals surface area contributed by atoms with Gasteiger partial charge in [0, 0.05) is 24.4 Å². The second-order valence-corrected chi connectivity index (χ2v) is 6.31. The van der Waals surface area contributed by atoms with Gasteiger partial charge in [-0.3, -0.25) is 10.00 Å². The van der Waals surface area contributed by atoms with Crippen molar-refractivity contribution in [2.24, 2.45) is 0 Å². The molecule has 0 spiro atoms. The molecule has 1 aliphatic rings. The van der Waals surface area contributed by atoms with Crippen LogP contribution in [-0.4, -0.2) is 38.2 Å². The number of H-pyrrole nitrogens is 1. The molecule has 5 heteroatoms. The van der Waals surface area contributed by atoms with Crippen LogP contribution in [0.3, 0.4) is 0 Å². The molecule has 3 heterocycles. The highest BCUT2D eigenvalue weighted by Crippen LogP contribution is 2.27. The van der Waals surface area contributed by atoms with Gasteiger partial charge in [-0.15, -0.1) is 0 Å². The molecule has 4 rings (SSSR count). The van der Waals surface area contributed by atoms with Gasteiger partial charge in [0.05, 0.1) is 22.4 Å². The molecular formula is C18H21N5. The number of benzene rings is 1. The predicted molar refractivity (Wildman–Crippen MR) is 90.1 cm³/mol. The van der Waals surface area contributed by atoms with Crippen LogP contribution in [0.2, 0.25) is 0 Å². The van der Waals surface area contributed by atoms with Gasteiger partial charge in [-0.25, -0.2) is 9.97 Å². The Labute approximate surface area is 135 Å². The number of hydrogen-bond acceptors (Lipinski definition) is 4. The number of piperidine rings is 1. The Bertz CT molecular complexity index is 788. The molecule has 1 fully saturated rings. The zero-order valence-corrected chi connectivity index (χ0v) is 13.4. The molecule has 1 saturated heterocycles. The number of nitrogens with one attached hydrogen (secondary N) is 1. The van der Waals surface area contributed by atoms with E-state index in [9.17, 15) is 0 Å². The molecule has 23 heavy (non-hydrogen) atoms. The highest BCUT2D eigenvalue weighted by Gasteiger charge is 2.22. The van der Waals surface area contributed by atoms with Crippen molar-refractivity contribution in [2.75, 3.05) is 13.1 Å². The van der Waals surface area contributed by atoms with Crippen LogP contribution in [0, 0.1) is 6.92 Å². The summed E-state index contributed by atoms with van der Waals surface area (Å²) in [5.41, 5.74) is 5.38. The third-order valence-electron chi connectivity index (χ3n) is 4.77. The van der Waals surface area contributed by atoms with Crippen LogP contribution in [0.4, 0.5) is 0 Å². The van der Waals surface area contributed by atoms with Crippen LogP contribution in [0.15, 0.2) is 36.5 Å². The summed E-state index contributed by atoms with van der Waals surface area (Å²) < 4.78 is 0. The number of nitrogens with zero attached hydrogens (tertiary/aromatic N) is 4. The van der Waals surface area contributed by atoms with Crippen molar-refractivity contribution in [3.8, 4) is 0 Å². The van der Waals surface area contributed by atoms with Gasteiger partial charge >= 0.3 is 0 Å². The van der Waals surface area contributed by atoms with E-state index in [2.05, 4.69) is 28.1 Å². The van der Waals surface area contributed by atoms with Crippen molar-refractivity contribution in [1.29, 1.82) is 0 Å². The van der Waals surface area contributed by atoms with Crippen molar-refractivity contribution in [2.45, 2.75) is 32.2 Å². The fraction of sp³-hybridized carbons (Fsp3) is 0.389. The Balaban J connectivity index is 1.46. The first kappa shape index (κ1) is 14.3. The quantitative estimate of drug-likeness (QED) is 0.808. The summed E-state index contributed by atoms with van der Waals surface area (Å²) in [5.74, 6) is 0.609. The number of aromatic amines is 1. The fourth-order valence-corrected chi connectivity index (χ4v) is 3.38. The van der Waals surface area contributed by atoms with E-state index >= 15 is 0 Å². The molecule has 2 aromatic heterocycles. The van der Waals surface area contributed by atoms with Gasteiger partial charge in [-0.1, -0.05) is 12.1 Å². The molecule has 3 aromatic rings. The fourth-order valence-electron chi connectivity index (χ4n) is 3.38. The van der Waals surface area contributed by atoms with E-state index in [4.69, 9.17) is 9.97 Å². The summed E-state index contributed by atoms with van der Waals surface area (Å²) in [6, 6.07) is 10.2. The normalized spacial score (nSPS) is 16.9. The number of likely N-dealkylation sites (tertiary alicyclic amines) is 1. The second kappa shape index (κ2) is 6.08. The van der Waals surface area contributed by atoms with Gasteiger partial charge in [0.25, 0.3) is 0 Å². The highest BCUT2D eigenvalue weighted by molar-refractivity contribution is 5.74. The predicted octanol–water partition coefficient (Wildman–Crippen LogP) is 3.04. The lowest BCUT2D eigenvalue weighted by Crippen LogP contribution is -2.33. The second-order valence-electron chi connectivity index (χ2n) is 6.31. The van der Waals surface area contributed by atoms with Gasteiger partial charge in [-0.05, 0) is 51.1 Å². The average molecular weight is 307 g/mol. The zero-order chi connectivity index (χ0) is 15.6. The highest BCUT2D eigenvalue weighted by atomic mass is 15.1. The van der Waals surface area contributed by atoms with Crippen LogP contribution in [0.5, 0.6) is 0 Å². The summed E-state index contributed by atoms with van der Waals surface area (Å²) in [6.45, 7) is 5.14. The van der Waals surface area contributed by atoms with Crippen LogP contribution >= 0.6 is 0 Å². The molecule has 0 atom stereocenters. The topological polar surface area (TPSA) is 57.7 Å². The smallest absolute Gasteiger partial charge is 0.0890 e. The Morgan fingerprint density at radius 3 is 2.52 bits per heavy atom. The van der Waals surface area contributed by atoms with Crippen LogP contribution < -0.4 is 0 Å². The number of para-hydroxylation sites is 2. The van der Waals surface area contributed by atoms with Crippen LogP contribution in [0.25, 0.3) is 11.0 Å². The molecule has 1 N–H and O–H groups in total. The van der Waals surface area contributed by atoms with E-state index < -0.39 is 0 Å². The Kier molecular flexibility index (Phi) is 3.79. The van der Waals surface area contributed by atoms with Crippen molar-refractivity contribution in [1.82, 2.24) is 25.1 Å². The van der Waals surface area contributed by atoms with Gasteiger partial charge in [-0.2, -0.15) is 5.10 Å². The molecule has 0 saturated carbocycles. The Morgan fingerprint density at radius 1 is 1.09 bits per heavy atom. The summed E-state index contributed by atoms with van der Waals surface area (Å²) >= 11 is 0. The summed E-state index contributed by atoms with van der Waals surface area (Å²) in [7, 11) is 0. The van der Waals surface area contributed by atoms with Crippen molar-refractivity contribution < 1.29 is 0 Å². The van der Waals surface area contributed by atoms with E-state index in [-0.39, 0.29) is 0 Å². The van der Waals surface area contributed by atoms with Gasteiger partial charge in [0.1, 0.15) is 0 Å². The number of rotatable bonds is 3. The number of aryl methyl sites for hydroxylation is 1. The maximum absolute atomic E-state index is 4.82. The minimum absolute atomic E-state index is 0.609. The lowest BCUT2D eigenvalue weighted by atomic mass is 9.93. The monoisotopic (exact) mass is 307 g/mol. The first-order chi connectivity index (χ1) is 11.3. The maximum Gasteiger partial charge on any atom is 0.0890 e. The minimum atomic E-state index is 0.609. The molecule has 1 aliphatic heterocycles. The van der Waals surface area contributed by atoms with E-state index in [0.29, 0.717) is 5.92 Å². The lowest BCUT2D eigenvalue weighted by molar-refractivity contribution is 0.201. The Hall–Kier alpha value is -2.27. The molecule has 118 valence electrons. The van der Waals surface area contributed by atoms with E-state index in [1.165, 1.54) is 18.5 Å². The molecule has 0 amide bonds. The van der Waals surface area contributed by atoms with Gasteiger partial charge in [0.2, 0.25) is 0 Å². The minimum Gasteiger partial charge on any atom is -0.297 e. The average Bonchev–Trinajstić information content (AvgIpc) is 3.11. The lowest BCUT2D eigenvalue weighted by Gasteiger charge is -2.31. The SMILES string of the molecule is Cc1nc2ccccc2nc1CN1CCC(c2ccn[nH]2)CC1. The van der Waals surface area contributed by atoms with E-state index in [1.54, 1.807) is 0 Å². The molecular weight excluding hydrogens is 286 g/mol. The molecule has 5 nitrogen and oxygen atoms in total. The van der Waals surface area contributed by atoms with Crippen LogP contribution in [-0.2, 0) is 6.54 Å². The van der Waals surface area contributed by atoms with Crippen molar-refractivity contribution in [3.05, 3.63) is 53.6 Å². The standard InChI is InChI=1S/C18H21N5/c1-13-18(21-17-5-3-2-4-16(17)20-13)12-23-10-7-14(8-11-23)15-6-9-19-22-15/h2-6,9,14H,7-8,10-12H2,1H3,(H,19,22). The summed E-state index contributed by atoms with van der Waals surface area (Å²) in [4.78, 5) is 12.0. The third-order valence-corrected chi connectivity index (χ3v) is 4.77. The molecule has 0 unspecified atom stereocenters.